The minimum absolute atomic E-state index is 0. The molecule has 4 aromatic carbocycles. The zero-order valence-corrected chi connectivity index (χ0v) is 40.5. The number of carboxylic acids is 4. The number of rotatable bonds is 8. The molecule has 0 amide bonds. The Labute approximate surface area is 467 Å². The Morgan fingerprint density at radius 2 is 0.423 bits per heavy atom. The van der Waals surface area contributed by atoms with Crippen LogP contribution in [0.2, 0.25) is 0 Å². The molecule has 0 aromatic heterocycles. The van der Waals surface area contributed by atoms with Gasteiger partial charge in [-0.25, -0.2) is 17.6 Å². The Balaban J connectivity index is -0.0000000511. The van der Waals surface area contributed by atoms with E-state index < -0.39 is 69.4 Å². The molecule has 0 fully saturated rings. The molecule has 0 N–H and O–H groups in total. The van der Waals surface area contributed by atoms with E-state index in [4.69, 9.17) is 83.2 Å². The number of hydrogen-bond donors (Lipinski definition) is 0. The molecule has 0 unspecified atom stereocenters. The summed E-state index contributed by atoms with van der Waals surface area (Å²) < 4.78 is 52.8. The van der Waals surface area contributed by atoms with Crippen LogP contribution < -0.4 is 20.4 Å². The summed E-state index contributed by atoms with van der Waals surface area (Å²) >= 11 is 0. The molecule has 4 aromatic rings. The van der Waals surface area contributed by atoms with Gasteiger partial charge in [-0.3, -0.25) is 57.5 Å². The smallest absolute Gasteiger partial charge is 0.545 e. The molecular weight excluding hydrogens is 1140 g/mol. The fraction of sp³-hybridized carbons (Fsp3) is 0.0769. The number of halogens is 4. The molecule has 0 saturated carbocycles. The average Bonchev–Trinajstić information content (AvgIpc) is 3.48. The summed E-state index contributed by atoms with van der Waals surface area (Å²) in [5.41, 5.74) is -1.01. The van der Waals surface area contributed by atoms with Crippen LogP contribution in [-0.4, -0.2) is 105 Å². The molecule has 0 atom stereocenters. The molecule has 0 aliphatic carbocycles. The van der Waals surface area contributed by atoms with Gasteiger partial charge in [-0.2, -0.15) is 0 Å². The maximum atomic E-state index is 13.2. The molecule has 0 bridgehead atoms. The predicted molar refractivity (Wildman–Crippen MR) is 241 cm³/mol. The van der Waals surface area contributed by atoms with Gasteiger partial charge in [0.25, 0.3) is 81.5 Å². The van der Waals surface area contributed by atoms with Gasteiger partial charge in [0.05, 0.1) is 23.9 Å². The average molecular weight is 1160 g/mol. The summed E-state index contributed by atoms with van der Waals surface area (Å²) in [4.78, 5) is 132. The second-order valence-electron chi connectivity index (χ2n) is 9.79. The van der Waals surface area contributed by atoms with Gasteiger partial charge in [-0.15, -0.1) is 49.4 Å². The second-order valence-corrected chi connectivity index (χ2v) is 9.79. The van der Waals surface area contributed by atoms with Crippen molar-refractivity contribution >= 4 is 105 Å². The van der Waals surface area contributed by atoms with Crippen molar-refractivity contribution in [3.8, 4) is 49.4 Å². The third kappa shape index (κ3) is 50.7. The van der Waals surface area contributed by atoms with Gasteiger partial charge in [0.1, 0.15) is 23.3 Å². The van der Waals surface area contributed by atoms with Crippen LogP contribution in [0.15, 0.2) is 72.8 Å². The third-order valence-electron chi connectivity index (χ3n) is 6.36. The fourth-order valence-electron chi connectivity index (χ4n) is 3.94. The fourth-order valence-corrected chi connectivity index (χ4v) is 3.94. The molecule has 26 radical (unpaired) electrons. The van der Waals surface area contributed by atoms with E-state index >= 15 is 0 Å². The zero-order chi connectivity index (χ0) is 63.4. The monoisotopic (exact) mass is 1160 g/mol. The van der Waals surface area contributed by atoms with Crippen LogP contribution in [0.5, 0.6) is 0 Å². The van der Waals surface area contributed by atoms with Crippen molar-refractivity contribution in [3.05, 3.63) is 141 Å². The number of terminal acetylenes is 4. The molecule has 0 aliphatic heterocycles. The zero-order valence-electron chi connectivity index (χ0n) is 38.4. The first-order chi connectivity index (χ1) is 36.7. The van der Waals surface area contributed by atoms with Crippen LogP contribution in [0.4, 0.5) is 17.6 Å². The molecule has 4 rings (SSSR count). The van der Waals surface area contributed by atoms with E-state index in [0.29, 0.717) is 0 Å². The van der Waals surface area contributed by atoms with Crippen molar-refractivity contribution in [2.75, 3.05) is 0 Å². The first-order valence-electron chi connectivity index (χ1n) is 16.8. The van der Waals surface area contributed by atoms with Crippen molar-refractivity contribution in [1.82, 2.24) is 0 Å². The number of aromatic carboxylic acids is 4. The van der Waals surface area contributed by atoms with Crippen LogP contribution in [0, 0.1) is 72.6 Å². The summed E-state index contributed by atoms with van der Waals surface area (Å²) in [5.74, 6) is -0.395. The van der Waals surface area contributed by atoms with Gasteiger partial charge < -0.3 is 39.6 Å². The number of carbonyl (C=O) groups excluding carboxylic acids is 16. The van der Waals surface area contributed by atoms with Crippen LogP contribution in [0.1, 0.15) is 63.7 Å². The summed E-state index contributed by atoms with van der Waals surface area (Å²) in [6.45, 7) is 54.0. The van der Waals surface area contributed by atoms with E-state index in [0.717, 1.165) is 24.3 Å². The van der Waals surface area contributed by atoms with Gasteiger partial charge in [-0.1, -0.05) is 72.8 Å². The third-order valence-corrected chi connectivity index (χ3v) is 6.36. The van der Waals surface area contributed by atoms with E-state index in [-0.39, 0.29) is 81.5 Å². The Bertz CT molecular complexity index is 2020. The van der Waals surface area contributed by atoms with Gasteiger partial charge in [0.2, 0.25) is 0 Å². The summed E-state index contributed by atoms with van der Waals surface area (Å²) in [7, 11) is 0. The van der Waals surface area contributed by atoms with Crippen LogP contribution >= 0.6 is 0 Å². The topological polar surface area (TPSA) is 365 Å². The predicted octanol–water partition coefficient (Wildman–Crippen LogP) is -3.31. The first kappa shape index (κ1) is 105. The van der Waals surface area contributed by atoms with E-state index in [2.05, 4.69) is 105 Å². The maximum Gasteiger partial charge on any atom is 2.00 e. The molecule has 398 valence electrons. The molecule has 0 heterocycles. The van der Waals surface area contributed by atoms with E-state index in [1.807, 2.05) is 0 Å². The van der Waals surface area contributed by atoms with Gasteiger partial charge >= 0.3 is 33.6 Å². The quantitative estimate of drug-likeness (QED) is 0.123. The number of hydrogen-bond acceptors (Lipinski definition) is 20. The molecular formula is C52H24Co2F4O20. The second kappa shape index (κ2) is 86.5. The van der Waals surface area contributed by atoms with Crippen molar-refractivity contribution in [2.24, 2.45) is 0 Å². The Kier molecular flexibility index (Phi) is 116. The van der Waals surface area contributed by atoms with Crippen molar-refractivity contribution < 1.29 is 148 Å². The maximum absolute atomic E-state index is 13.2. The number of carboxylic acid groups (broad SMARTS) is 4. The Morgan fingerprint density at radius 3 is 0.513 bits per heavy atom. The van der Waals surface area contributed by atoms with Gasteiger partial charge in [0.15, 0.2) is 0 Å². The molecule has 0 saturated heterocycles. The van der Waals surface area contributed by atoms with Gasteiger partial charge in [0, 0.05) is 70.2 Å². The van der Waals surface area contributed by atoms with Gasteiger partial charge in [-0.05, 0) is 0 Å². The first-order valence-corrected chi connectivity index (χ1v) is 16.8. The van der Waals surface area contributed by atoms with Crippen molar-refractivity contribution in [2.45, 2.75) is 25.7 Å². The molecule has 78 heavy (non-hydrogen) atoms. The molecule has 20 nitrogen and oxygen atoms in total. The molecule has 0 spiro atoms. The molecule has 26 heteroatoms. The van der Waals surface area contributed by atoms with E-state index in [9.17, 15) is 57.2 Å². The van der Waals surface area contributed by atoms with Crippen LogP contribution in [0.3, 0.4) is 0 Å². The number of carbonyl (C=O) groups is 4. The SMILES string of the molecule is C#CCc1cccc(C(=O)[O-])c1F.C#CCc1cccc(C(=O)[O-])c1F.C#CCc1cccc(C(=O)[O-])c1F.C#CCc1cccc(C(=O)[O-])c1F.[C]=O.[C]=O.[C]=O.[C]=O.[C]=O.[C]=O.[C]=O.[C]=O.[C]=O.[C]=O.[C]=O.[C]=O.[Co+2].[Co+2]. The minimum atomic E-state index is -1.53. The summed E-state index contributed by atoms with van der Waals surface area (Å²) in [6.07, 6.45) is 20.2. The summed E-state index contributed by atoms with van der Waals surface area (Å²) in [6, 6.07) is 16.1. The van der Waals surface area contributed by atoms with E-state index in [1.54, 1.807) is 0 Å². The van der Waals surface area contributed by atoms with E-state index in [1.165, 1.54) is 48.5 Å². The normalized spacial score (nSPS) is 6.77. The molecule has 0 aliphatic rings. The largest absolute Gasteiger partial charge is 2.00 e. The standard InChI is InChI=1S/4C10H7FO2.12CO.2Co/c4*1-2-4-7-5-3-6-8(9(7)11)10(12)13;12*1-2;;/h4*1,3,5-6H,4H2,(H,12,13);;;;;;;;;;;;;;/q;;;;;;;;;;;;;;;;2*+2/p-4. The van der Waals surface area contributed by atoms with Crippen molar-refractivity contribution in [3.63, 3.8) is 0 Å². The number of benzene rings is 4. The van der Waals surface area contributed by atoms with Crippen LogP contribution in [0.25, 0.3) is 0 Å². The van der Waals surface area contributed by atoms with Crippen LogP contribution in [-0.2, 0) is 117 Å². The van der Waals surface area contributed by atoms with Crippen molar-refractivity contribution in [1.29, 1.82) is 0 Å². The Hall–Kier alpha value is -10.2. The minimum Gasteiger partial charge on any atom is -0.545 e. The summed E-state index contributed by atoms with van der Waals surface area (Å²) in [5, 5.41) is 41.5. The Morgan fingerprint density at radius 1 is 0.308 bits per heavy atom.